The van der Waals surface area contributed by atoms with E-state index in [4.69, 9.17) is 9.16 Å². The summed E-state index contributed by atoms with van der Waals surface area (Å²) in [6.07, 6.45) is 0.428. The summed E-state index contributed by atoms with van der Waals surface area (Å²) in [5, 5.41) is 0. The zero-order valence-electron chi connectivity index (χ0n) is 6.09. The fourth-order valence-electron chi connectivity index (χ4n) is 0.709. The normalized spacial score (nSPS) is 21.7. The minimum atomic E-state index is -0.250. The van der Waals surface area contributed by atoms with Crippen molar-refractivity contribution >= 4 is 9.76 Å². The maximum absolute atomic E-state index is 5.50. The molecule has 1 rings (SSSR count). The van der Waals surface area contributed by atoms with E-state index in [1.807, 2.05) is 0 Å². The molecule has 1 aliphatic rings. The largest absolute Gasteiger partial charge is 0.421 e. The molecule has 1 fully saturated rings. The van der Waals surface area contributed by atoms with Crippen LogP contribution in [0.25, 0.3) is 0 Å². The summed E-state index contributed by atoms with van der Waals surface area (Å²) in [7, 11) is -0.250. The van der Waals surface area contributed by atoms with Crippen molar-refractivity contribution < 1.29 is 9.16 Å². The lowest BCUT2D eigenvalue weighted by Gasteiger charge is -2.25. The van der Waals surface area contributed by atoms with Crippen molar-refractivity contribution in [3.8, 4) is 0 Å². The predicted octanol–water partition coefficient (Wildman–Crippen LogP) is 0.314. The first-order valence-electron chi connectivity index (χ1n) is 3.48. The highest BCUT2D eigenvalue weighted by Gasteiger charge is 2.19. The molecule has 0 aliphatic carbocycles. The predicted molar refractivity (Wildman–Crippen MR) is 39.3 cm³/mol. The van der Waals surface area contributed by atoms with Crippen LogP contribution in [0.4, 0.5) is 0 Å². The summed E-state index contributed by atoms with van der Waals surface area (Å²) >= 11 is 0. The van der Waals surface area contributed by atoms with Gasteiger partial charge in [-0.1, -0.05) is 0 Å². The molecule has 54 valence electrons. The summed E-state index contributed by atoms with van der Waals surface area (Å²) in [6.45, 7) is 6.09. The van der Waals surface area contributed by atoms with E-state index in [1.54, 1.807) is 0 Å². The molecule has 1 heterocycles. The van der Waals surface area contributed by atoms with E-state index in [9.17, 15) is 0 Å². The standard InChI is InChI=1S/C6H14O2Si/c1-5(2)8-9-6-3-7-4-6/h5-6H,3-4,9H2,1-2H3. The minimum Gasteiger partial charge on any atom is -0.421 e. The molecule has 0 aromatic heterocycles. The van der Waals surface area contributed by atoms with Crippen LogP contribution in [0, 0.1) is 0 Å². The molecule has 0 aromatic carbocycles. The second-order valence-corrected chi connectivity index (χ2v) is 4.61. The first-order valence-corrected chi connectivity index (χ1v) is 4.88. The molecule has 0 atom stereocenters. The van der Waals surface area contributed by atoms with Gasteiger partial charge in [0.2, 0.25) is 0 Å². The highest BCUT2D eigenvalue weighted by atomic mass is 28.2. The van der Waals surface area contributed by atoms with Crippen LogP contribution in [-0.2, 0) is 9.16 Å². The van der Waals surface area contributed by atoms with Gasteiger partial charge < -0.3 is 9.16 Å². The average molecular weight is 146 g/mol. The SMILES string of the molecule is CC(C)O[SiH2]C1COC1. The monoisotopic (exact) mass is 146 g/mol. The lowest BCUT2D eigenvalue weighted by atomic mass is 10.4. The number of hydrogen-bond acceptors (Lipinski definition) is 2. The third-order valence-corrected chi connectivity index (χ3v) is 3.17. The molecule has 0 spiro atoms. The Bertz CT molecular complexity index is 81.1. The Kier molecular flexibility index (Phi) is 2.69. The molecule has 0 bridgehead atoms. The van der Waals surface area contributed by atoms with Crippen molar-refractivity contribution in [3.63, 3.8) is 0 Å². The van der Waals surface area contributed by atoms with Crippen molar-refractivity contribution in [2.75, 3.05) is 13.2 Å². The highest BCUT2D eigenvalue weighted by molar-refractivity contribution is 6.30. The average Bonchev–Trinajstić information content (AvgIpc) is 1.60. The summed E-state index contributed by atoms with van der Waals surface area (Å²) < 4.78 is 10.5. The van der Waals surface area contributed by atoms with Crippen molar-refractivity contribution in [3.05, 3.63) is 0 Å². The van der Waals surface area contributed by atoms with Crippen molar-refractivity contribution in [2.24, 2.45) is 0 Å². The Labute approximate surface area is 58.5 Å². The first-order chi connectivity index (χ1) is 4.29. The van der Waals surface area contributed by atoms with Gasteiger partial charge in [0.1, 0.15) is 0 Å². The molecule has 1 saturated heterocycles. The fourth-order valence-corrected chi connectivity index (χ4v) is 1.89. The Hall–Kier alpha value is 0.137. The molecule has 9 heavy (non-hydrogen) atoms. The summed E-state index contributed by atoms with van der Waals surface area (Å²) in [5.74, 6) is 0. The number of hydrogen-bond donors (Lipinski definition) is 0. The van der Waals surface area contributed by atoms with Gasteiger partial charge in [-0.15, -0.1) is 0 Å². The molecule has 0 unspecified atom stereocenters. The maximum atomic E-state index is 5.50. The van der Waals surface area contributed by atoms with Gasteiger partial charge in [-0.2, -0.15) is 0 Å². The van der Waals surface area contributed by atoms with Gasteiger partial charge >= 0.3 is 0 Å². The Morgan fingerprint density at radius 3 is 2.56 bits per heavy atom. The van der Waals surface area contributed by atoms with Crippen LogP contribution < -0.4 is 0 Å². The van der Waals surface area contributed by atoms with E-state index in [2.05, 4.69) is 13.8 Å². The molecule has 0 saturated carbocycles. The zero-order valence-corrected chi connectivity index (χ0v) is 7.51. The zero-order chi connectivity index (χ0) is 6.69. The third kappa shape index (κ3) is 2.47. The quantitative estimate of drug-likeness (QED) is 0.534. The van der Waals surface area contributed by atoms with E-state index < -0.39 is 0 Å². The molecule has 0 amide bonds. The van der Waals surface area contributed by atoms with Gasteiger partial charge in [0.25, 0.3) is 0 Å². The molecular formula is C6H14O2Si. The van der Waals surface area contributed by atoms with Crippen molar-refractivity contribution in [1.82, 2.24) is 0 Å². The van der Waals surface area contributed by atoms with E-state index in [-0.39, 0.29) is 9.76 Å². The van der Waals surface area contributed by atoms with Crippen molar-refractivity contribution in [2.45, 2.75) is 25.5 Å². The first kappa shape index (κ1) is 7.25. The molecular weight excluding hydrogens is 132 g/mol. The van der Waals surface area contributed by atoms with Crippen LogP contribution in [0.5, 0.6) is 0 Å². The minimum absolute atomic E-state index is 0.250. The lowest BCUT2D eigenvalue weighted by molar-refractivity contribution is 0.0292. The molecule has 3 heteroatoms. The molecule has 0 N–H and O–H groups in total. The third-order valence-electron chi connectivity index (χ3n) is 1.37. The van der Waals surface area contributed by atoms with Crippen LogP contribution in [0.1, 0.15) is 13.8 Å². The van der Waals surface area contributed by atoms with Gasteiger partial charge in [-0.05, 0) is 13.8 Å². The fraction of sp³-hybridized carbons (Fsp3) is 1.00. The Morgan fingerprint density at radius 2 is 2.22 bits per heavy atom. The molecule has 2 nitrogen and oxygen atoms in total. The highest BCUT2D eigenvalue weighted by Crippen LogP contribution is 2.15. The Morgan fingerprint density at radius 1 is 1.56 bits per heavy atom. The summed E-state index contributed by atoms with van der Waals surface area (Å²) in [6, 6.07) is 0. The van der Waals surface area contributed by atoms with Gasteiger partial charge in [-0.3, -0.25) is 0 Å². The van der Waals surface area contributed by atoms with Crippen LogP contribution in [0.15, 0.2) is 0 Å². The van der Waals surface area contributed by atoms with E-state index in [1.165, 1.54) is 0 Å². The summed E-state index contributed by atoms with van der Waals surface area (Å²) in [4.78, 5) is 0. The van der Waals surface area contributed by atoms with Gasteiger partial charge in [0.15, 0.2) is 9.76 Å². The lowest BCUT2D eigenvalue weighted by Crippen LogP contribution is -2.29. The maximum Gasteiger partial charge on any atom is 0.169 e. The van der Waals surface area contributed by atoms with Crippen LogP contribution in [-0.4, -0.2) is 29.1 Å². The second kappa shape index (κ2) is 3.34. The van der Waals surface area contributed by atoms with Crippen LogP contribution >= 0.6 is 0 Å². The molecule has 0 radical (unpaired) electrons. The topological polar surface area (TPSA) is 18.5 Å². The van der Waals surface area contributed by atoms with Gasteiger partial charge in [-0.25, -0.2) is 0 Å². The van der Waals surface area contributed by atoms with Crippen LogP contribution in [0.2, 0.25) is 5.54 Å². The van der Waals surface area contributed by atoms with E-state index in [0.717, 1.165) is 18.8 Å². The second-order valence-electron chi connectivity index (χ2n) is 2.79. The molecule has 1 aliphatic heterocycles. The van der Waals surface area contributed by atoms with Gasteiger partial charge in [0.05, 0.1) is 13.2 Å². The Balaban J connectivity index is 1.91. The number of rotatable bonds is 3. The van der Waals surface area contributed by atoms with E-state index in [0.29, 0.717) is 6.10 Å². The van der Waals surface area contributed by atoms with Gasteiger partial charge in [0, 0.05) is 11.6 Å². The molecule has 0 aromatic rings. The van der Waals surface area contributed by atoms with E-state index >= 15 is 0 Å². The number of ether oxygens (including phenoxy) is 1. The van der Waals surface area contributed by atoms with Crippen LogP contribution in [0.3, 0.4) is 0 Å². The van der Waals surface area contributed by atoms with Crippen molar-refractivity contribution in [1.29, 1.82) is 0 Å². The smallest absolute Gasteiger partial charge is 0.169 e. The summed E-state index contributed by atoms with van der Waals surface area (Å²) in [5.41, 5.74) is 0.812.